The van der Waals surface area contributed by atoms with Crippen molar-refractivity contribution in [2.24, 2.45) is 0 Å². The van der Waals surface area contributed by atoms with Crippen LogP contribution in [0.1, 0.15) is 29.2 Å². The number of ether oxygens (including phenoxy) is 2. The summed E-state index contributed by atoms with van der Waals surface area (Å²) < 4.78 is 10.5. The Morgan fingerprint density at radius 2 is 1.47 bits per heavy atom. The lowest BCUT2D eigenvalue weighted by atomic mass is 9.95. The maximum atomic E-state index is 9.16. The average Bonchev–Trinajstić information content (AvgIpc) is 2.36. The molecule has 0 aliphatic rings. The van der Waals surface area contributed by atoms with Gasteiger partial charge in [-0.25, -0.2) is 0 Å². The molecule has 1 aromatic carbocycles. The van der Waals surface area contributed by atoms with Crippen molar-refractivity contribution in [2.75, 3.05) is 14.2 Å². The number of methoxy groups -OCH3 is 2. The van der Waals surface area contributed by atoms with Crippen LogP contribution in [0.25, 0.3) is 0 Å². The van der Waals surface area contributed by atoms with E-state index in [-0.39, 0.29) is 11.1 Å². The molecule has 0 unspecified atom stereocenters. The van der Waals surface area contributed by atoms with Gasteiger partial charge in [-0.15, -0.1) is 0 Å². The quantitative estimate of drug-likeness (QED) is 0.799. The number of benzene rings is 1. The summed E-state index contributed by atoms with van der Waals surface area (Å²) in [6.07, 6.45) is 0.714. The predicted molar refractivity (Wildman–Crippen MR) is 63.1 cm³/mol. The smallest absolute Gasteiger partial charge is 0.141 e. The maximum absolute atomic E-state index is 9.16. The zero-order valence-electron chi connectivity index (χ0n) is 10.4. The third-order valence-electron chi connectivity index (χ3n) is 2.76. The highest BCUT2D eigenvalue weighted by Crippen LogP contribution is 2.37. The van der Waals surface area contributed by atoms with E-state index in [1.165, 1.54) is 14.2 Å². The minimum Gasteiger partial charge on any atom is -0.495 e. The molecule has 0 amide bonds. The molecule has 1 rings (SSSR count). The fourth-order valence-corrected chi connectivity index (χ4v) is 1.99. The van der Waals surface area contributed by atoms with Crippen LogP contribution in [-0.2, 0) is 6.42 Å². The number of nitriles is 2. The molecule has 88 valence electrons. The Balaban J connectivity index is 3.82. The predicted octanol–water partition coefficient (Wildman–Crippen LogP) is 2.32. The first kappa shape index (κ1) is 12.9. The first-order chi connectivity index (χ1) is 8.15. The van der Waals surface area contributed by atoms with E-state index < -0.39 is 0 Å². The van der Waals surface area contributed by atoms with Gasteiger partial charge in [-0.05, 0) is 18.9 Å². The summed E-state index contributed by atoms with van der Waals surface area (Å²) in [5, 5.41) is 18.3. The van der Waals surface area contributed by atoms with E-state index in [0.717, 1.165) is 11.1 Å². The molecule has 0 saturated heterocycles. The SMILES string of the molecule is CCc1c(C)c(OC)c(C#N)c(C#N)c1OC. The molecular weight excluding hydrogens is 216 g/mol. The Kier molecular flexibility index (Phi) is 3.96. The van der Waals surface area contributed by atoms with E-state index >= 15 is 0 Å². The second-order valence-electron chi connectivity index (χ2n) is 3.50. The van der Waals surface area contributed by atoms with E-state index in [9.17, 15) is 0 Å². The highest BCUT2D eigenvalue weighted by molar-refractivity contribution is 5.67. The molecule has 1 aromatic rings. The van der Waals surface area contributed by atoms with Crippen LogP contribution in [0.2, 0.25) is 0 Å². The molecule has 0 aliphatic heterocycles. The molecular formula is C13H14N2O2. The van der Waals surface area contributed by atoms with Crippen molar-refractivity contribution >= 4 is 0 Å². The lowest BCUT2D eigenvalue weighted by Crippen LogP contribution is -2.04. The Bertz CT molecular complexity index is 522. The van der Waals surface area contributed by atoms with Crippen molar-refractivity contribution in [1.82, 2.24) is 0 Å². The maximum Gasteiger partial charge on any atom is 0.141 e. The van der Waals surface area contributed by atoms with Crippen molar-refractivity contribution in [2.45, 2.75) is 20.3 Å². The normalized spacial score (nSPS) is 9.29. The van der Waals surface area contributed by atoms with E-state index in [0.29, 0.717) is 17.9 Å². The third-order valence-corrected chi connectivity index (χ3v) is 2.76. The van der Waals surface area contributed by atoms with Crippen LogP contribution in [0.5, 0.6) is 11.5 Å². The molecule has 4 heteroatoms. The van der Waals surface area contributed by atoms with E-state index in [1.807, 2.05) is 26.0 Å². The highest BCUT2D eigenvalue weighted by Gasteiger charge is 2.22. The van der Waals surface area contributed by atoms with Gasteiger partial charge in [0.1, 0.15) is 34.8 Å². The van der Waals surface area contributed by atoms with Crippen LogP contribution in [-0.4, -0.2) is 14.2 Å². The molecule has 0 radical (unpaired) electrons. The number of nitrogens with zero attached hydrogens (tertiary/aromatic N) is 2. The topological polar surface area (TPSA) is 66.0 Å². The average molecular weight is 230 g/mol. The molecule has 0 atom stereocenters. The van der Waals surface area contributed by atoms with Crippen LogP contribution < -0.4 is 9.47 Å². The Morgan fingerprint density at radius 1 is 1.00 bits per heavy atom. The second-order valence-corrected chi connectivity index (χ2v) is 3.50. The summed E-state index contributed by atoms with van der Waals surface area (Å²) in [7, 11) is 3.00. The number of rotatable bonds is 3. The number of hydrogen-bond donors (Lipinski definition) is 0. The molecule has 0 fully saturated rings. The van der Waals surface area contributed by atoms with E-state index in [1.54, 1.807) is 0 Å². The Hall–Kier alpha value is -2.20. The van der Waals surface area contributed by atoms with Gasteiger partial charge in [0, 0.05) is 5.56 Å². The molecule has 0 spiro atoms. The van der Waals surface area contributed by atoms with Gasteiger partial charge in [0.05, 0.1) is 14.2 Å². The van der Waals surface area contributed by atoms with Crippen LogP contribution in [0.3, 0.4) is 0 Å². The lowest BCUT2D eigenvalue weighted by Gasteiger charge is -2.17. The van der Waals surface area contributed by atoms with Crippen LogP contribution in [0, 0.1) is 29.6 Å². The molecule has 0 heterocycles. The fourth-order valence-electron chi connectivity index (χ4n) is 1.99. The summed E-state index contributed by atoms with van der Waals surface area (Å²) in [6.45, 7) is 3.83. The van der Waals surface area contributed by atoms with Gasteiger partial charge in [-0.3, -0.25) is 0 Å². The molecule has 17 heavy (non-hydrogen) atoms. The summed E-state index contributed by atoms with van der Waals surface area (Å²) in [5.41, 5.74) is 2.23. The largest absolute Gasteiger partial charge is 0.495 e. The van der Waals surface area contributed by atoms with Gasteiger partial charge in [0.2, 0.25) is 0 Å². The summed E-state index contributed by atoms with van der Waals surface area (Å²) >= 11 is 0. The molecule has 4 nitrogen and oxygen atoms in total. The minimum absolute atomic E-state index is 0.238. The first-order valence-corrected chi connectivity index (χ1v) is 5.23. The molecule has 0 bridgehead atoms. The summed E-state index contributed by atoms with van der Waals surface area (Å²) in [6, 6.07) is 4.02. The fraction of sp³-hybridized carbons (Fsp3) is 0.385. The Morgan fingerprint density at radius 3 is 1.82 bits per heavy atom. The van der Waals surface area contributed by atoms with Crippen molar-refractivity contribution in [3.8, 4) is 23.6 Å². The van der Waals surface area contributed by atoms with Crippen molar-refractivity contribution in [3.63, 3.8) is 0 Å². The van der Waals surface area contributed by atoms with Crippen LogP contribution >= 0.6 is 0 Å². The molecule has 0 N–H and O–H groups in total. The van der Waals surface area contributed by atoms with Gasteiger partial charge in [-0.1, -0.05) is 6.92 Å². The van der Waals surface area contributed by atoms with E-state index in [4.69, 9.17) is 20.0 Å². The van der Waals surface area contributed by atoms with E-state index in [2.05, 4.69) is 0 Å². The monoisotopic (exact) mass is 230 g/mol. The highest BCUT2D eigenvalue weighted by atomic mass is 16.5. The van der Waals surface area contributed by atoms with Crippen LogP contribution in [0.15, 0.2) is 0 Å². The minimum atomic E-state index is 0.238. The molecule has 0 aromatic heterocycles. The van der Waals surface area contributed by atoms with Crippen molar-refractivity contribution in [3.05, 3.63) is 22.3 Å². The lowest BCUT2D eigenvalue weighted by molar-refractivity contribution is 0.394. The molecule has 0 aliphatic carbocycles. The zero-order valence-corrected chi connectivity index (χ0v) is 10.4. The third kappa shape index (κ3) is 1.90. The Labute approximate surface area is 101 Å². The van der Waals surface area contributed by atoms with Gasteiger partial charge in [0.25, 0.3) is 0 Å². The standard InChI is InChI=1S/C13H14N2O2/c1-5-9-8(2)12(16-3)10(6-14)11(7-15)13(9)17-4/h5H2,1-4H3. The summed E-state index contributed by atoms with van der Waals surface area (Å²) in [4.78, 5) is 0. The first-order valence-electron chi connectivity index (χ1n) is 5.23. The van der Waals surface area contributed by atoms with Crippen LogP contribution in [0.4, 0.5) is 0 Å². The van der Waals surface area contributed by atoms with Gasteiger partial charge >= 0.3 is 0 Å². The summed E-state index contributed by atoms with van der Waals surface area (Å²) in [5.74, 6) is 0.937. The van der Waals surface area contributed by atoms with Crippen molar-refractivity contribution in [1.29, 1.82) is 10.5 Å². The van der Waals surface area contributed by atoms with Gasteiger partial charge in [0.15, 0.2) is 0 Å². The van der Waals surface area contributed by atoms with Crippen molar-refractivity contribution < 1.29 is 9.47 Å². The second kappa shape index (κ2) is 5.23. The molecule has 0 saturated carbocycles. The van der Waals surface area contributed by atoms with Gasteiger partial charge < -0.3 is 9.47 Å². The number of hydrogen-bond acceptors (Lipinski definition) is 4. The zero-order chi connectivity index (χ0) is 13.0. The van der Waals surface area contributed by atoms with Gasteiger partial charge in [-0.2, -0.15) is 10.5 Å².